The van der Waals surface area contributed by atoms with Crippen molar-refractivity contribution in [1.82, 2.24) is 20.1 Å². The second kappa shape index (κ2) is 8.20. The molecule has 1 aromatic rings. The molecule has 5 heteroatoms. The van der Waals surface area contributed by atoms with Gasteiger partial charge in [-0.1, -0.05) is 13.3 Å². The number of aromatic nitrogens is 3. The van der Waals surface area contributed by atoms with Crippen LogP contribution in [0.15, 0.2) is 0 Å². The fourth-order valence-corrected chi connectivity index (χ4v) is 1.45. The Hall–Kier alpha value is -0.940. The smallest absolute Gasteiger partial charge is 0.146 e. The van der Waals surface area contributed by atoms with Gasteiger partial charge in [-0.25, -0.2) is 0 Å². The summed E-state index contributed by atoms with van der Waals surface area (Å²) in [5.41, 5.74) is 0. The minimum Gasteiger partial charge on any atom is -0.381 e. The highest BCUT2D eigenvalue weighted by molar-refractivity contribution is 4.91. The molecule has 0 aliphatic carbocycles. The monoisotopic (exact) mass is 240 g/mol. The number of ether oxygens (including phenoxy) is 1. The normalized spacial score (nSPS) is 11.0. The molecule has 98 valence electrons. The first-order chi connectivity index (χ1) is 8.25. The van der Waals surface area contributed by atoms with Gasteiger partial charge >= 0.3 is 0 Å². The first-order valence-electron chi connectivity index (χ1n) is 6.39. The zero-order valence-electron chi connectivity index (χ0n) is 11.2. The summed E-state index contributed by atoms with van der Waals surface area (Å²) in [7, 11) is 1.99. The highest BCUT2D eigenvalue weighted by Gasteiger charge is 2.02. The van der Waals surface area contributed by atoms with Gasteiger partial charge in [0.1, 0.15) is 11.6 Å². The van der Waals surface area contributed by atoms with Crippen molar-refractivity contribution in [1.29, 1.82) is 0 Å². The van der Waals surface area contributed by atoms with Crippen LogP contribution in [0.1, 0.15) is 37.8 Å². The van der Waals surface area contributed by atoms with E-state index in [2.05, 4.69) is 22.4 Å². The van der Waals surface area contributed by atoms with Crippen LogP contribution in [-0.4, -0.2) is 34.5 Å². The molecule has 0 unspecified atom stereocenters. The number of aryl methyl sites for hydroxylation is 1. The van der Waals surface area contributed by atoms with E-state index in [-0.39, 0.29) is 0 Å². The molecule has 0 fully saturated rings. The summed E-state index contributed by atoms with van der Waals surface area (Å²) in [6.45, 7) is 7.58. The molecule has 0 amide bonds. The van der Waals surface area contributed by atoms with Gasteiger partial charge in [-0.3, -0.25) is 0 Å². The Morgan fingerprint density at radius 3 is 2.65 bits per heavy atom. The summed E-state index contributed by atoms with van der Waals surface area (Å²) >= 11 is 0. The molecule has 0 spiro atoms. The Morgan fingerprint density at radius 1 is 1.24 bits per heavy atom. The Bertz CT molecular complexity index is 311. The molecule has 17 heavy (non-hydrogen) atoms. The van der Waals surface area contributed by atoms with Crippen LogP contribution in [0.25, 0.3) is 0 Å². The van der Waals surface area contributed by atoms with Gasteiger partial charge in [0.25, 0.3) is 0 Å². The first kappa shape index (κ1) is 14.1. The van der Waals surface area contributed by atoms with E-state index < -0.39 is 0 Å². The van der Waals surface area contributed by atoms with Gasteiger partial charge in [-0.15, -0.1) is 10.2 Å². The Balaban J connectivity index is 1.99. The summed E-state index contributed by atoms with van der Waals surface area (Å²) in [6, 6.07) is 0. The standard InChI is InChI=1S/C12H24N4O/c1-4-5-8-17-9-6-7-13-10-12-15-14-11(2)16(12)3/h13H,4-10H2,1-3H3. The zero-order chi connectivity index (χ0) is 12.5. The quantitative estimate of drug-likeness (QED) is 0.663. The van der Waals surface area contributed by atoms with Crippen molar-refractivity contribution in [2.45, 2.75) is 39.7 Å². The molecule has 1 heterocycles. The van der Waals surface area contributed by atoms with Crippen LogP contribution in [0.4, 0.5) is 0 Å². The van der Waals surface area contributed by atoms with Gasteiger partial charge in [-0.2, -0.15) is 0 Å². The van der Waals surface area contributed by atoms with Crippen LogP contribution in [0, 0.1) is 6.92 Å². The van der Waals surface area contributed by atoms with E-state index in [4.69, 9.17) is 4.74 Å². The van der Waals surface area contributed by atoms with Crippen molar-refractivity contribution >= 4 is 0 Å². The highest BCUT2D eigenvalue weighted by atomic mass is 16.5. The van der Waals surface area contributed by atoms with Crippen molar-refractivity contribution < 1.29 is 4.74 Å². The molecular formula is C12H24N4O. The summed E-state index contributed by atoms with van der Waals surface area (Å²) in [5, 5.41) is 11.4. The number of hydrogen-bond acceptors (Lipinski definition) is 4. The largest absolute Gasteiger partial charge is 0.381 e. The van der Waals surface area contributed by atoms with Crippen LogP contribution in [0.5, 0.6) is 0 Å². The van der Waals surface area contributed by atoms with E-state index in [9.17, 15) is 0 Å². The SMILES string of the molecule is CCCCOCCCNCc1nnc(C)n1C. The van der Waals surface area contributed by atoms with E-state index in [1.807, 2.05) is 18.5 Å². The minimum absolute atomic E-state index is 0.770. The molecule has 0 radical (unpaired) electrons. The maximum Gasteiger partial charge on any atom is 0.146 e. The molecular weight excluding hydrogens is 216 g/mol. The predicted molar refractivity (Wildman–Crippen MR) is 67.8 cm³/mol. The topological polar surface area (TPSA) is 52.0 Å². The van der Waals surface area contributed by atoms with Crippen molar-refractivity contribution in [2.75, 3.05) is 19.8 Å². The molecule has 1 N–H and O–H groups in total. The second-order valence-electron chi connectivity index (χ2n) is 4.22. The number of unbranched alkanes of at least 4 members (excludes halogenated alkanes) is 1. The molecule has 0 bridgehead atoms. The van der Waals surface area contributed by atoms with Crippen molar-refractivity contribution in [3.63, 3.8) is 0 Å². The molecule has 0 aromatic carbocycles. The minimum atomic E-state index is 0.770. The lowest BCUT2D eigenvalue weighted by Crippen LogP contribution is -2.19. The van der Waals surface area contributed by atoms with Crippen LogP contribution in [0.3, 0.4) is 0 Å². The van der Waals surface area contributed by atoms with E-state index in [0.29, 0.717) is 0 Å². The van der Waals surface area contributed by atoms with Gasteiger partial charge < -0.3 is 14.6 Å². The third-order valence-electron chi connectivity index (χ3n) is 2.75. The van der Waals surface area contributed by atoms with Gasteiger partial charge in [0.2, 0.25) is 0 Å². The molecule has 1 aromatic heterocycles. The molecule has 0 saturated heterocycles. The molecule has 0 aliphatic heterocycles. The lowest BCUT2D eigenvalue weighted by atomic mass is 10.3. The third kappa shape index (κ3) is 5.28. The number of rotatable bonds is 9. The van der Waals surface area contributed by atoms with E-state index in [1.54, 1.807) is 0 Å². The maximum atomic E-state index is 5.48. The number of nitrogens with zero attached hydrogens (tertiary/aromatic N) is 3. The summed E-state index contributed by atoms with van der Waals surface area (Å²) in [6.07, 6.45) is 3.40. The first-order valence-corrected chi connectivity index (χ1v) is 6.39. The van der Waals surface area contributed by atoms with E-state index >= 15 is 0 Å². The van der Waals surface area contributed by atoms with Crippen molar-refractivity contribution in [2.24, 2.45) is 7.05 Å². The van der Waals surface area contributed by atoms with Gasteiger partial charge in [0.15, 0.2) is 0 Å². The van der Waals surface area contributed by atoms with Crippen LogP contribution in [0.2, 0.25) is 0 Å². The van der Waals surface area contributed by atoms with Crippen LogP contribution >= 0.6 is 0 Å². The fraction of sp³-hybridized carbons (Fsp3) is 0.833. The van der Waals surface area contributed by atoms with Crippen LogP contribution in [-0.2, 0) is 18.3 Å². The fourth-order valence-electron chi connectivity index (χ4n) is 1.45. The van der Waals surface area contributed by atoms with Gasteiger partial charge in [-0.05, 0) is 26.3 Å². The van der Waals surface area contributed by atoms with Crippen molar-refractivity contribution in [3.8, 4) is 0 Å². The summed E-state index contributed by atoms with van der Waals surface area (Å²) < 4.78 is 7.49. The molecule has 5 nitrogen and oxygen atoms in total. The lowest BCUT2D eigenvalue weighted by molar-refractivity contribution is 0.128. The molecule has 0 aliphatic rings. The third-order valence-corrected chi connectivity index (χ3v) is 2.75. The van der Waals surface area contributed by atoms with Gasteiger partial charge in [0.05, 0.1) is 6.54 Å². The molecule has 0 saturated carbocycles. The van der Waals surface area contributed by atoms with Crippen molar-refractivity contribution in [3.05, 3.63) is 11.6 Å². The Kier molecular flexibility index (Phi) is 6.81. The summed E-state index contributed by atoms with van der Waals surface area (Å²) in [5.74, 6) is 1.93. The number of nitrogens with one attached hydrogen (secondary N) is 1. The maximum absolute atomic E-state index is 5.48. The zero-order valence-corrected chi connectivity index (χ0v) is 11.2. The average molecular weight is 240 g/mol. The van der Waals surface area contributed by atoms with E-state index in [1.165, 1.54) is 6.42 Å². The molecule has 0 atom stereocenters. The lowest BCUT2D eigenvalue weighted by Gasteiger charge is -2.05. The summed E-state index contributed by atoms with van der Waals surface area (Å²) in [4.78, 5) is 0. The predicted octanol–water partition coefficient (Wildman–Crippen LogP) is 1.42. The Labute approximate surface area is 104 Å². The van der Waals surface area contributed by atoms with Gasteiger partial charge in [0, 0.05) is 20.3 Å². The average Bonchev–Trinajstić information content (AvgIpc) is 2.64. The van der Waals surface area contributed by atoms with Crippen LogP contribution < -0.4 is 5.32 Å². The second-order valence-corrected chi connectivity index (χ2v) is 4.22. The highest BCUT2D eigenvalue weighted by Crippen LogP contribution is 1.96. The number of hydrogen-bond donors (Lipinski definition) is 1. The van der Waals surface area contributed by atoms with E-state index in [0.717, 1.165) is 50.8 Å². The molecule has 1 rings (SSSR count). The Morgan fingerprint density at radius 2 is 2.00 bits per heavy atom.